The molecule has 0 N–H and O–H groups in total. The minimum atomic E-state index is -1.83. The summed E-state index contributed by atoms with van der Waals surface area (Å²) in [6.45, 7) is 14.2. The van der Waals surface area contributed by atoms with Gasteiger partial charge in [0.2, 0.25) is 0 Å². The second-order valence-electron chi connectivity index (χ2n) is 8.11. The van der Waals surface area contributed by atoms with E-state index in [1.54, 1.807) is 10.4 Å². The molecule has 4 aromatic rings. The maximum Gasteiger partial charge on any atom is 4.00 e. The van der Waals surface area contributed by atoms with Crippen molar-refractivity contribution in [3.05, 3.63) is 70.8 Å². The molecule has 4 aromatic carbocycles. The molecule has 0 spiro atoms. The first-order valence-electron chi connectivity index (χ1n) is 9.14. The number of hydrogen-bond acceptors (Lipinski definition) is 0. The van der Waals surface area contributed by atoms with Gasteiger partial charge in [-0.25, -0.2) is 0 Å². The van der Waals surface area contributed by atoms with Crippen LogP contribution in [0.3, 0.4) is 0 Å². The van der Waals surface area contributed by atoms with Crippen molar-refractivity contribution in [3.8, 4) is 0 Å². The van der Waals surface area contributed by atoms with Gasteiger partial charge in [-0.1, -0.05) is 50.2 Å². The number of benzene rings is 2. The summed E-state index contributed by atoms with van der Waals surface area (Å²) in [5.41, 5.74) is 5.74. The first-order valence-corrected chi connectivity index (χ1v) is 12.1. The van der Waals surface area contributed by atoms with Crippen LogP contribution in [0.5, 0.6) is 0 Å². The standard InChI is InChI=1S/C24H26Si.2ClH.Zr/c1-15-9-7-11-19-13-17(3)23(21(15)19)25(5,6)24-18(4)14-20-12-8-10-16(2)22(20)24;;;/h7-14H,1-6H3;2*1H;/q-2;;;+4/p-2. The predicted octanol–water partition coefficient (Wildman–Crippen LogP) is -0.507. The summed E-state index contributed by atoms with van der Waals surface area (Å²) in [5.74, 6) is 0. The molecule has 0 nitrogen and oxygen atoms in total. The van der Waals surface area contributed by atoms with Crippen LogP contribution >= 0.6 is 0 Å². The number of hydrogen-bond donors (Lipinski definition) is 0. The molecular weight excluding hydrogens is 478 g/mol. The van der Waals surface area contributed by atoms with E-state index in [2.05, 4.69) is 89.3 Å². The van der Waals surface area contributed by atoms with Crippen molar-refractivity contribution in [1.29, 1.82) is 0 Å². The zero-order valence-electron chi connectivity index (χ0n) is 17.4. The minimum Gasteiger partial charge on any atom is -1.00 e. The Bertz CT molecular complexity index is 1030. The van der Waals surface area contributed by atoms with Gasteiger partial charge in [-0.2, -0.15) is 10.4 Å². The van der Waals surface area contributed by atoms with Gasteiger partial charge in [0.1, 0.15) is 0 Å². The molecule has 0 aliphatic heterocycles. The fourth-order valence-corrected chi connectivity index (χ4v) is 9.34. The van der Waals surface area contributed by atoms with Crippen molar-refractivity contribution >= 4 is 40.0 Å². The first-order chi connectivity index (χ1) is 11.8. The number of aryl methyl sites for hydroxylation is 4. The molecule has 0 saturated carbocycles. The second-order valence-corrected chi connectivity index (χ2v) is 12.4. The van der Waals surface area contributed by atoms with Gasteiger partial charge >= 0.3 is 26.2 Å². The van der Waals surface area contributed by atoms with Crippen LogP contribution in [-0.4, -0.2) is 8.07 Å². The van der Waals surface area contributed by atoms with Crippen molar-refractivity contribution in [2.75, 3.05) is 0 Å². The third-order valence-electron chi connectivity index (χ3n) is 5.89. The van der Waals surface area contributed by atoms with E-state index in [0.717, 1.165) is 0 Å². The normalized spacial score (nSPS) is 11.1. The SMILES string of the molecule is Cc1[cH-]c2cccc(C)c2c1[Si](C)(C)c1c(C)[cH-]c2cccc(C)c12.[Cl-].[Cl-].[Zr+4]. The fourth-order valence-electron chi connectivity index (χ4n) is 5.05. The van der Waals surface area contributed by atoms with Gasteiger partial charge in [0, 0.05) is 8.07 Å². The molecule has 0 aliphatic rings. The minimum absolute atomic E-state index is 0. The van der Waals surface area contributed by atoms with Crippen molar-refractivity contribution in [3.63, 3.8) is 0 Å². The van der Waals surface area contributed by atoms with Crippen molar-refractivity contribution in [1.82, 2.24) is 0 Å². The maximum atomic E-state index is 2.54. The van der Waals surface area contributed by atoms with Crippen LogP contribution in [0.2, 0.25) is 13.1 Å². The van der Waals surface area contributed by atoms with E-state index in [9.17, 15) is 0 Å². The number of fused-ring (bicyclic) bond motifs is 2. The van der Waals surface area contributed by atoms with Crippen molar-refractivity contribution in [2.24, 2.45) is 0 Å². The zero-order valence-corrected chi connectivity index (χ0v) is 22.3. The Balaban J connectivity index is 0.00000131. The topological polar surface area (TPSA) is 0 Å². The molecule has 4 rings (SSSR count). The Morgan fingerprint density at radius 1 is 0.643 bits per heavy atom. The van der Waals surface area contributed by atoms with Gasteiger partial charge in [0.05, 0.1) is 0 Å². The molecule has 0 amide bonds. The van der Waals surface area contributed by atoms with E-state index >= 15 is 0 Å². The molecule has 0 fully saturated rings. The Morgan fingerprint density at radius 3 is 1.36 bits per heavy atom. The summed E-state index contributed by atoms with van der Waals surface area (Å²) in [6, 6.07) is 18.2. The third-order valence-corrected chi connectivity index (χ3v) is 9.68. The van der Waals surface area contributed by atoms with E-state index in [4.69, 9.17) is 0 Å². The zero-order chi connectivity index (χ0) is 17.9. The Labute approximate surface area is 201 Å². The van der Waals surface area contributed by atoms with Gasteiger partial charge in [0.15, 0.2) is 0 Å². The van der Waals surface area contributed by atoms with E-state index in [-0.39, 0.29) is 51.0 Å². The molecule has 0 aromatic heterocycles. The Morgan fingerprint density at radius 2 is 1.00 bits per heavy atom. The average Bonchev–Trinajstić information content (AvgIpc) is 3.05. The molecule has 0 atom stereocenters. The van der Waals surface area contributed by atoms with Crippen LogP contribution < -0.4 is 35.2 Å². The first kappa shape index (κ1) is 25.4. The van der Waals surface area contributed by atoms with E-state index in [1.165, 1.54) is 43.8 Å². The molecule has 28 heavy (non-hydrogen) atoms. The summed E-state index contributed by atoms with van der Waals surface area (Å²) < 4.78 is 0. The van der Waals surface area contributed by atoms with E-state index in [1.807, 2.05) is 0 Å². The van der Waals surface area contributed by atoms with Gasteiger partial charge < -0.3 is 24.8 Å². The molecule has 0 unspecified atom stereocenters. The van der Waals surface area contributed by atoms with Crippen LogP contribution in [0, 0.1) is 27.7 Å². The van der Waals surface area contributed by atoms with Crippen LogP contribution in [0.1, 0.15) is 22.3 Å². The molecule has 144 valence electrons. The summed E-state index contributed by atoms with van der Waals surface area (Å²) in [4.78, 5) is 0. The third kappa shape index (κ3) is 3.74. The fraction of sp³-hybridized carbons (Fsp3) is 0.250. The van der Waals surface area contributed by atoms with Crippen molar-refractivity contribution in [2.45, 2.75) is 40.8 Å². The van der Waals surface area contributed by atoms with Gasteiger partial charge in [-0.05, 0) is 13.8 Å². The monoisotopic (exact) mass is 502 g/mol. The quantitative estimate of drug-likeness (QED) is 0.255. The molecule has 4 heteroatoms. The van der Waals surface area contributed by atoms with E-state index < -0.39 is 8.07 Å². The number of halogens is 2. The van der Waals surface area contributed by atoms with Crippen LogP contribution in [-0.2, 0) is 26.2 Å². The summed E-state index contributed by atoms with van der Waals surface area (Å²) >= 11 is 0. The van der Waals surface area contributed by atoms with Gasteiger partial charge in [0.25, 0.3) is 0 Å². The Kier molecular flexibility index (Phi) is 8.16. The van der Waals surface area contributed by atoms with Crippen LogP contribution in [0.15, 0.2) is 48.5 Å². The molecular formula is C24H26Cl2SiZr. The van der Waals surface area contributed by atoms with E-state index in [0.29, 0.717) is 0 Å². The smallest absolute Gasteiger partial charge is 1.00 e. The largest absolute Gasteiger partial charge is 4.00 e. The van der Waals surface area contributed by atoms with Gasteiger partial charge in [-0.3, -0.25) is 0 Å². The summed E-state index contributed by atoms with van der Waals surface area (Å²) in [7, 11) is -1.83. The van der Waals surface area contributed by atoms with Crippen LogP contribution in [0.25, 0.3) is 21.5 Å². The van der Waals surface area contributed by atoms with Gasteiger partial charge in [-0.15, -0.1) is 69.1 Å². The second kappa shape index (κ2) is 9.00. The maximum absolute atomic E-state index is 2.54. The average molecular weight is 505 g/mol. The molecule has 0 radical (unpaired) electrons. The van der Waals surface area contributed by atoms with Crippen LogP contribution in [0.4, 0.5) is 0 Å². The molecule has 0 heterocycles. The number of rotatable bonds is 2. The Hall–Kier alpha value is -0.660. The predicted molar refractivity (Wildman–Crippen MR) is 115 cm³/mol. The summed E-state index contributed by atoms with van der Waals surface area (Å²) in [6.07, 6.45) is 0. The molecule has 0 bridgehead atoms. The molecule has 0 saturated heterocycles. The molecule has 0 aliphatic carbocycles. The van der Waals surface area contributed by atoms with Crippen molar-refractivity contribution < 1.29 is 51.0 Å². The summed E-state index contributed by atoms with van der Waals surface area (Å²) in [5, 5.41) is 9.05.